The van der Waals surface area contributed by atoms with E-state index in [2.05, 4.69) is 25.9 Å². The van der Waals surface area contributed by atoms with E-state index in [1.165, 1.54) is 0 Å². The smallest absolute Gasteiger partial charge is 0.272 e. The summed E-state index contributed by atoms with van der Waals surface area (Å²) in [5.41, 5.74) is 1.55. The highest BCUT2D eigenvalue weighted by Crippen LogP contribution is 2.22. The second-order valence-corrected chi connectivity index (χ2v) is 5.80. The van der Waals surface area contributed by atoms with E-state index in [0.29, 0.717) is 5.69 Å². The monoisotopic (exact) mass is 237 g/mol. The molecule has 0 fully saturated rings. The zero-order valence-corrected chi connectivity index (χ0v) is 11.9. The highest BCUT2D eigenvalue weighted by atomic mass is 16.2. The standard InChI is InChI=1S/C13H23N3O/c1-9(2)15(6)12(17)10-8-11(13(3,4)5)14-16(10)7/h8-9H,1-7H3. The van der Waals surface area contributed by atoms with E-state index in [1.807, 2.05) is 34.0 Å². The Labute approximate surface area is 104 Å². The minimum Gasteiger partial charge on any atom is -0.338 e. The highest BCUT2D eigenvalue weighted by molar-refractivity contribution is 5.92. The quantitative estimate of drug-likeness (QED) is 0.791. The maximum atomic E-state index is 12.2. The average molecular weight is 237 g/mol. The summed E-state index contributed by atoms with van der Waals surface area (Å²) in [5, 5.41) is 4.41. The molecule has 1 amide bonds. The number of nitrogens with zero attached hydrogens (tertiary/aromatic N) is 3. The van der Waals surface area contributed by atoms with Crippen molar-refractivity contribution in [2.75, 3.05) is 7.05 Å². The Bertz CT molecular complexity index is 413. The molecule has 4 heteroatoms. The normalized spacial score (nSPS) is 12.0. The van der Waals surface area contributed by atoms with Crippen molar-refractivity contribution in [2.45, 2.75) is 46.1 Å². The molecule has 4 nitrogen and oxygen atoms in total. The molecule has 0 unspecified atom stereocenters. The van der Waals surface area contributed by atoms with Crippen LogP contribution in [0.3, 0.4) is 0 Å². The van der Waals surface area contributed by atoms with Gasteiger partial charge in [0.15, 0.2) is 0 Å². The van der Waals surface area contributed by atoms with Gasteiger partial charge in [-0.2, -0.15) is 5.10 Å². The van der Waals surface area contributed by atoms with Gasteiger partial charge in [-0.1, -0.05) is 20.8 Å². The van der Waals surface area contributed by atoms with Gasteiger partial charge < -0.3 is 4.90 Å². The molecular weight excluding hydrogens is 214 g/mol. The molecule has 0 radical (unpaired) electrons. The van der Waals surface area contributed by atoms with Crippen LogP contribution >= 0.6 is 0 Å². The van der Waals surface area contributed by atoms with Crippen LogP contribution in [0.2, 0.25) is 0 Å². The number of carbonyl (C=O) groups is 1. The van der Waals surface area contributed by atoms with Gasteiger partial charge in [0.05, 0.1) is 5.69 Å². The van der Waals surface area contributed by atoms with Gasteiger partial charge in [0.2, 0.25) is 0 Å². The van der Waals surface area contributed by atoms with Crippen molar-refractivity contribution in [1.29, 1.82) is 0 Å². The predicted octanol–water partition coefficient (Wildman–Crippen LogP) is 2.20. The Balaban J connectivity index is 3.08. The van der Waals surface area contributed by atoms with E-state index < -0.39 is 0 Å². The number of hydrogen-bond acceptors (Lipinski definition) is 2. The number of aryl methyl sites for hydroxylation is 1. The molecule has 0 aliphatic heterocycles. The molecule has 17 heavy (non-hydrogen) atoms. The first kappa shape index (κ1) is 13.7. The van der Waals surface area contributed by atoms with E-state index in [1.54, 1.807) is 9.58 Å². The van der Waals surface area contributed by atoms with Gasteiger partial charge in [-0.25, -0.2) is 0 Å². The largest absolute Gasteiger partial charge is 0.338 e. The fourth-order valence-corrected chi connectivity index (χ4v) is 1.45. The molecule has 0 aromatic carbocycles. The van der Waals surface area contributed by atoms with Crippen molar-refractivity contribution in [2.24, 2.45) is 7.05 Å². The molecule has 0 aliphatic rings. The molecule has 0 spiro atoms. The molecule has 0 saturated heterocycles. The molecule has 0 N–H and O–H groups in total. The molecule has 0 saturated carbocycles. The molecule has 96 valence electrons. The van der Waals surface area contributed by atoms with Crippen LogP contribution in [0, 0.1) is 0 Å². The molecule has 0 aliphatic carbocycles. The van der Waals surface area contributed by atoms with Crippen LogP contribution < -0.4 is 0 Å². The third kappa shape index (κ3) is 2.87. The Hall–Kier alpha value is -1.32. The summed E-state index contributed by atoms with van der Waals surface area (Å²) >= 11 is 0. The third-order valence-electron chi connectivity index (χ3n) is 2.96. The lowest BCUT2D eigenvalue weighted by molar-refractivity contribution is 0.0744. The number of rotatable bonds is 2. The lowest BCUT2D eigenvalue weighted by atomic mass is 9.92. The van der Waals surface area contributed by atoms with E-state index in [-0.39, 0.29) is 17.4 Å². The number of hydrogen-bond donors (Lipinski definition) is 0. The second-order valence-electron chi connectivity index (χ2n) is 5.80. The van der Waals surface area contributed by atoms with Crippen molar-refractivity contribution < 1.29 is 4.79 Å². The fraction of sp³-hybridized carbons (Fsp3) is 0.692. The summed E-state index contributed by atoms with van der Waals surface area (Å²) in [6, 6.07) is 2.08. The van der Waals surface area contributed by atoms with Crippen LogP contribution in [-0.2, 0) is 12.5 Å². The average Bonchev–Trinajstić information content (AvgIpc) is 2.57. The minimum atomic E-state index is -0.0350. The zero-order chi connectivity index (χ0) is 13.4. The first-order chi connectivity index (χ1) is 7.64. The summed E-state index contributed by atoms with van der Waals surface area (Å²) in [7, 11) is 3.63. The number of amides is 1. The second kappa shape index (κ2) is 4.51. The molecule has 1 rings (SSSR count). The van der Waals surface area contributed by atoms with Crippen molar-refractivity contribution in [3.8, 4) is 0 Å². The van der Waals surface area contributed by atoms with E-state index in [9.17, 15) is 4.79 Å². The topological polar surface area (TPSA) is 38.1 Å². The molecule has 0 bridgehead atoms. The maximum absolute atomic E-state index is 12.2. The van der Waals surface area contributed by atoms with Gasteiger partial charge in [0, 0.05) is 25.6 Å². The van der Waals surface area contributed by atoms with Crippen LogP contribution in [0.1, 0.15) is 50.8 Å². The van der Waals surface area contributed by atoms with Gasteiger partial charge in [0.25, 0.3) is 5.91 Å². The van der Waals surface area contributed by atoms with E-state index in [0.717, 1.165) is 5.69 Å². The Morgan fingerprint density at radius 2 is 1.94 bits per heavy atom. The van der Waals surface area contributed by atoms with Crippen molar-refractivity contribution in [3.05, 3.63) is 17.5 Å². The first-order valence-electron chi connectivity index (χ1n) is 5.96. The van der Waals surface area contributed by atoms with Crippen LogP contribution in [-0.4, -0.2) is 33.7 Å². The van der Waals surface area contributed by atoms with Gasteiger partial charge >= 0.3 is 0 Å². The minimum absolute atomic E-state index is 0.0190. The van der Waals surface area contributed by atoms with Gasteiger partial charge in [-0.15, -0.1) is 0 Å². The molecule has 0 atom stereocenters. The number of aromatic nitrogens is 2. The third-order valence-corrected chi connectivity index (χ3v) is 2.96. The summed E-state index contributed by atoms with van der Waals surface area (Å²) < 4.78 is 1.67. The molecule has 1 heterocycles. The Morgan fingerprint density at radius 3 is 2.29 bits per heavy atom. The van der Waals surface area contributed by atoms with Crippen molar-refractivity contribution in [1.82, 2.24) is 14.7 Å². The van der Waals surface area contributed by atoms with E-state index >= 15 is 0 Å². The fourth-order valence-electron chi connectivity index (χ4n) is 1.45. The summed E-state index contributed by atoms with van der Waals surface area (Å²) in [4.78, 5) is 13.9. The Morgan fingerprint density at radius 1 is 1.41 bits per heavy atom. The summed E-state index contributed by atoms with van der Waals surface area (Å²) in [5.74, 6) is 0.0190. The van der Waals surface area contributed by atoms with Crippen molar-refractivity contribution in [3.63, 3.8) is 0 Å². The van der Waals surface area contributed by atoms with E-state index in [4.69, 9.17) is 0 Å². The molecule has 1 aromatic heterocycles. The van der Waals surface area contributed by atoms with Gasteiger partial charge in [0.1, 0.15) is 5.69 Å². The van der Waals surface area contributed by atoms with Crippen molar-refractivity contribution >= 4 is 5.91 Å². The lowest BCUT2D eigenvalue weighted by Crippen LogP contribution is -2.34. The molecule has 1 aromatic rings. The summed E-state index contributed by atoms with van der Waals surface area (Å²) in [6.45, 7) is 10.3. The van der Waals surface area contributed by atoms with Crippen LogP contribution in [0.25, 0.3) is 0 Å². The molecular formula is C13H23N3O. The Kier molecular flexibility index (Phi) is 3.65. The predicted molar refractivity (Wildman–Crippen MR) is 69.1 cm³/mol. The maximum Gasteiger partial charge on any atom is 0.272 e. The summed E-state index contributed by atoms with van der Waals surface area (Å²) in [6.07, 6.45) is 0. The highest BCUT2D eigenvalue weighted by Gasteiger charge is 2.23. The van der Waals surface area contributed by atoms with Crippen LogP contribution in [0.15, 0.2) is 6.07 Å². The lowest BCUT2D eigenvalue weighted by Gasteiger charge is -2.21. The zero-order valence-electron chi connectivity index (χ0n) is 11.9. The van der Waals surface area contributed by atoms with Gasteiger partial charge in [-0.3, -0.25) is 9.48 Å². The van der Waals surface area contributed by atoms with Crippen LogP contribution in [0.4, 0.5) is 0 Å². The number of carbonyl (C=O) groups excluding carboxylic acids is 1. The van der Waals surface area contributed by atoms with Crippen LogP contribution in [0.5, 0.6) is 0 Å². The van der Waals surface area contributed by atoms with Gasteiger partial charge in [-0.05, 0) is 19.9 Å². The first-order valence-corrected chi connectivity index (χ1v) is 5.96. The SMILES string of the molecule is CC(C)N(C)C(=O)c1cc(C(C)(C)C)nn1C.